The number of nitrogens with zero attached hydrogens (tertiary/aromatic N) is 2. The molecule has 34 heavy (non-hydrogen) atoms. The van der Waals surface area contributed by atoms with Gasteiger partial charge in [0.15, 0.2) is 0 Å². The predicted octanol–water partition coefficient (Wildman–Crippen LogP) is 5.10. The molecule has 0 fully saturated rings. The van der Waals surface area contributed by atoms with E-state index < -0.39 is 0 Å². The highest BCUT2D eigenvalue weighted by atomic mass is 16.5. The molecule has 0 bridgehead atoms. The molecule has 6 heteroatoms. The van der Waals surface area contributed by atoms with E-state index in [2.05, 4.69) is 41.9 Å². The Bertz CT molecular complexity index is 1280. The van der Waals surface area contributed by atoms with Crippen LogP contribution < -0.4 is 14.8 Å². The van der Waals surface area contributed by atoms with E-state index >= 15 is 0 Å². The maximum Gasteiger partial charge on any atom is 0.251 e. The van der Waals surface area contributed by atoms with E-state index in [0.29, 0.717) is 30.9 Å². The Kier molecular flexibility index (Phi) is 7.48. The van der Waals surface area contributed by atoms with E-state index in [9.17, 15) is 4.79 Å². The lowest BCUT2D eigenvalue weighted by atomic mass is 10.1. The number of hydrogen-bond acceptors (Lipinski definition) is 4. The van der Waals surface area contributed by atoms with Gasteiger partial charge in [-0.1, -0.05) is 24.3 Å². The van der Waals surface area contributed by atoms with Crippen LogP contribution in [0.2, 0.25) is 0 Å². The standard InChI is InChI=1S/C28H31N3O3/c1-20-12-13-24(18-21(20)2)34-17-7-16-31-26-11-5-4-10-25(26)30-27(31)14-15-29-28(32)22-8-6-9-23(19-22)33-3/h4-6,8-13,18-19H,7,14-17H2,1-3H3,(H,29,32). The summed E-state index contributed by atoms with van der Waals surface area (Å²) in [4.78, 5) is 17.4. The molecular formula is C28H31N3O3. The van der Waals surface area contributed by atoms with Gasteiger partial charge >= 0.3 is 0 Å². The fourth-order valence-electron chi connectivity index (χ4n) is 3.94. The Balaban J connectivity index is 1.37. The number of imidazole rings is 1. The summed E-state index contributed by atoms with van der Waals surface area (Å²) >= 11 is 0. The average molecular weight is 458 g/mol. The molecule has 0 aliphatic heterocycles. The van der Waals surface area contributed by atoms with Crippen molar-refractivity contribution >= 4 is 16.9 Å². The van der Waals surface area contributed by atoms with Crippen LogP contribution in [0.3, 0.4) is 0 Å². The van der Waals surface area contributed by atoms with Crippen LogP contribution in [-0.2, 0) is 13.0 Å². The van der Waals surface area contributed by atoms with E-state index in [1.54, 1.807) is 19.2 Å². The molecule has 176 valence electrons. The van der Waals surface area contributed by atoms with Gasteiger partial charge in [-0.05, 0) is 73.9 Å². The zero-order chi connectivity index (χ0) is 23.9. The molecule has 0 spiro atoms. The zero-order valence-electron chi connectivity index (χ0n) is 20.0. The number of aromatic nitrogens is 2. The highest BCUT2D eigenvalue weighted by Gasteiger charge is 2.12. The summed E-state index contributed by atoms with van der Waals surface area (Å²) in [7, 11) is 1.59. The summed E-state index contributed by atoms with van der Waals surface area (Å²) in [5.41, 5.74) is 5.14. The maximum atomic E-state index is 12.5. The van der Waals surface area contributed by atoms with Crippen molar-refractivity contribution in [1.82, 2.24) is 14.9 Å². The third-order valence-electron chi connectivity index (χ3n) is 5.97. The number of carbonyl (C=O) groups is 1. The lowest BCUT2D eigenvalue weighted by molar-refractivity contribution is 0.0953. The Hall–Kier alpha value is -3.80. The monoisotopic (exact) mass is 457 g/mol. The normalized spacial score (nSPS) is 10.9. The molecule has 0 atom stereocenters. The van der Waals surface area contributed by atoms with Crippen molar-refractivity contribution in [2.24, 2.45) is 0 Å². The third kappa shape index (κ3) is 5.57. The molecule has 4 rings (SSSR count). The predicted molar refractivity (Wildman–Crippen MR) is 135 cm³/mol. The molecule has 0 saturated heterocycles. The number of amides is 1. The van der Waals surface area contributed by atoms with Gasteiger partial charge in [0.1, 0.15) is 17.3 Å². The number of aryl methyl sites for hydroxylation is 3. The Morgan fingerprint density at radius 2 is 1.82 bits per heavy atom. The second kappa shape index (κ2) is 10.9. The quantitative estimate of drug-likeness (QED) is 0.336. The van der Waals surface area contributed by atoms with Crippen LogP contribution in [0.1, 0.15) is 33.7 Å². The number of ether oxygens (including phenoxy) is 2. The largest absolute Gasteiger partial charge is 0.497 e. The van der Waals surface area contributed by atoms with E-state index in [1.165, 1.54) is 11.1 Å². The fraction of sp³-hybridized carbons (Fsp3) is 0.286. The van der Waals surface area contributed by atoms with Crippen molar-refractivity contribution in [2.45, 2.75) is 33.2 Å². The number of methoxy groups -OCH3 is 1. The van der Waals surface area contributed by atoms with Crippen molar-refractivity contribution in [3.05, 3.63) is 89.2 Å². The first-order chi connectivity index (χ1) is 16.5. The molecule has 3 aromatic carbocycles. The van der Waals surface area contributed by atoms with Crippen LogP contribution in [0, 0.1) is 13.8 Å². The molecule has 1 amide bonds. The molecule has 0 saturated carbocycles. The SMILES string of the molecule is COc1cccc(C(=O)NCCc2nc3ccccc3n2CCCOc2ccc(C)c(C)c2)c1. The molecule has 0 aliphatic rings. The van der Waals surface area contributed by atoms with E-state index in [1.807, 2.05) is 36.4 Å². The number of hydrogen-bond donors (Lipinski definition) is 1. The van der Waals surface area contributed by atoms with Gasteiger partial charge in [-0.2, -0.15) is 0 Å². The maximum absolute atomic E-state index is 12.5. The number of rotatable bonds is 10. The lowest BCUT2D eigenvalue weighted by Gasteiger charge is -2.12. The van der Waals surface area contributed by atoms with Crippen molar-refractivity contribution in [2.75, 3.05) is 20.3 Å². The Morgan fingerprint density at radius 1 is 0.971 bits per heavy atom. The summed E-state index contributed by atoms with van der Waals surface area (Å²) < 4.78 is 13.4. The Labute approximate surface area is 200 Å². The fourth-order valence-corrected chi connectivity index (χ4v) is 3.94. The first-order valence-electron chi connectivity index (χ1n) is 11.6. The molecule has 0 unspecified atom stereocenters. The summed E-state index contributed by atoms with van der Waals surface area (Å²) in [5.74, 6) is 2.40. The summed E-state index contributed by atoms with van der Waals surface area (Å²) in [5, 5.41) is 3.00. The van der Waals surface area contributed by atoms with Crippen LogP contribution >= 0.6 is 0 Å². The molecule has 0 aliphatic carbocycles. The van der Waals surface area contributed by atoms with Crippen molar-refractivity contribution < 1.29 is 14.3 Å². The first kappa shape index (κ1) is 23.4. The molecule has 1 aromatic heterocycles. The lowest BCUT2D eigenvalue weighted by Crippen LogP contribution is -2.26. The van der Waals surface area contributed by atoms with Crippen molar-refractivity contribution in [1.29, 1.82) is 0 Å². The van der Waals surface area contributed by atoms with Gasteiger partial charge in [-0.3, -0.25) is 4.79 Å². The minimum atomic E-state index is -0.122. The van der Waals surface area contributed by atoms with Gasteiger partial charge in [-0.25, -0.2) is 4.98 Å². The highest BCUT2D eigenvalue weighted by molar-refractivity contribution is 5.94. The smallest absolute Gasteiger partial charge is 0.251 e. The Morgan fingerprint density at radius 3 is 2.65 bits per heavy atom. The molecule has 6 nitrogen and oxygen atoms in total. The molecular weight excluding hydrogens is 426 g/mol. The second-order valence-corrected chi connectivity index (χ2v) is 8.35. The first-order valence-corrected chi connectivity index (χ1v) is 11.6. The van der Waals surface area contributed by atoms with Crippen molar-refractivity contribution in [3.63, 3.8) is 0 Å². The third-order valence-corrected chi connectivity index (χ3v) is 5.97. The van der Waals surface area contributed by atoms with Gasteiger partial charge in [0.05, 0.1) is 24.8 Å². The number of fused-ring (bicyclic) bond motifs is 1. The van der Waals surface area contributed by atoms with E-state index in [0.717, 1.165) is 35.6 Å². The topological polar surface area (TPSA) is 65.4 Å². The summed E-state index contributed by atoms with van der Waals surface area (Å²) in [6.07, 6.45) is 1.50. The number of benzene rings is 3. The van der Waals surface area contributed by atoms with Gasteiger partial charge in [0.2, 0.25) is 0 Å². The van der Waals surface area contributed by atoms with Gasteiger partial charge in [0.25, 0.3) is 5.91 Å². The second-order valence-electron chi connectivity index (χ2n) is 8.35. The average Bonchev–Trinajstić information content (AvgIpc) is 3.21. The number of carbonyl (C=O) groups excluding carboxylic acids is 1. The van der Waals surface area contributed by atoms with Crippen LogP contribution in [-0.4, -0.2) is 35.7 Å². The minimum Gasteiger partial charge on any atom is -0.497 e. The number of para-hydroxylation sites is 2. The van der Waals surface area contributed by atoms with Gasteiger partial charge in [-0.15, -0.1) is 0 Å². The van der Waals surface area contributed by atoms with E-state index in [-0.39, 0.29) is 5.91 Å². The van der Waals surface area contributed by atoms with Gasteiger partial charge in [0, 0.05) is 25.1 Å². The van der Waals surface area contributed by atoms with Crippen LogP contribution in [0.15, 0.2) is 66.7 Å². The van der Waals surface area contributed by atoms with Crippen LogP contribution in [0.4, 0.5) is 0 Å². The number of nitrogens with one attached hydrogen (secondary N) is 1. The highest BCUT2D eigenvalue weighted by Crippen LogP contribution is 2.19. The van der Waals surface area contributed by atoms with E-state index in [4.69, 9.17) is 14.5 Å². The van der Waals surface area contributed by atoms with Crippen molar-refractivity contribution in [3.8, 4) is 11.5 Å². The minimum absolute atomic E-state index is 0.122. The molecule has 0 radical (unpaired) electrons. The summed E-state index contributed by atoms with van der Waals surface area (Å²) in [6.45, 7) is 6.12. The molecule has 1 heterocycles. The summed E-state index contributed by atoms with van der Waals surface area (Å²) in [6, 6.07) is 21.5. The molecule has 1 N–H and O–H groups in total. The van der Waals surface area contributed by atoms with Crippen LogP contribution in [0.5, 0.6) is 11.5 Å². The molecule has 4 aromatic rings. The van der Waals surface area contributed by atoms with Crippen LogP contribution in [0.25, 0.3) is 11.0 Å². The zero-order valence-corrected chi connectivity index (χ0v) is 20.0. The van der Waals surface area contributed by atoms with Gasteiger partial charge < -0.3 is 19.4 Å².